The fraction of sp³-hybridized carbons (Fsp3) is 0.281. The quantitative estimate of drug-likeness (QED) is 0.168. The van der Waals surface area contributed by atoms with Crippen LogP contribution in [0.25, 0.3) is 10.1 Å². The maximum absolute atomic E-state index is 13.8. The monoisotopic (exact) mass is 696 g/mol. The van der Waals surface area contributed by atoms with Gasteiger partial charge in [-0.15, -0.1) is 11.3 Å². The number of nitrogens with zero attached hydrogens (tertiary/aromatic N) is 1. The zero-order valence-corrected chi connectivity index (χ0v) is 25.8. The number of carbonyl (C=O) groups is 3. The van der Waals surface area contributed by atoms with Crippen LogP contribution in [0.1, 0.15) is 55.5 Å². The van der Waals surface area contributed by atoms with E-state index in [1.165, 1.54) is 7.11 Å². The Kier molecular flexibility index (Phi) is 9.69. The molecule has 0 radical (unpaired) electrons. The van der Waals surface area contributed by atoms with Crippen LogP contribution in [0.3, 0.4) is 0 Å². The van der Waals surface area contributed by atoms with Crippen molar-refractivity contribution >= 4 is 50.5 Å². The number of likely N-dealkylation sites (tertiary alicyclic amines) is 1. The first kappa shape index (κ1) is 34.6. The van der Waals surface area contributed by atoms with Gasteiger partial charge in [-0.05, 0) is 73.3 Å². The van der Waals surface area contributed by atoms with Gasteiger partial charge in [0.15, 0.2) is 0 Å². The smallest absolute Gasteiger partial charge is 0.419 e. The average Bonchev–Trinajstić information content (AvgIpc) is 3.38. The highest BCUT2D eigenvalue weighted by Crippen LogP contribution is 2.41. The van der Waals surface area contributed by atoms with Crippen LogP contribution in [0.5, 0.6) is 5.75 Å². The van der Waals surface area contributed by atoms with Crippen molar-refractivity contribution < 1.29 is 49.9 Å². The lowest BCUT2D eigenvalue weighted by atomic mass is 9.89. The van der Waals surface area contributed by atoms with Crippen molar-refractivity contribution in [1.29, 1.82) is 0 Å². The molecule has 0 aliphatic carbocycles. The molecule has 254 valence electrons. The number of amides is 3. The third kappa shape index (κ3) is 7.54. The highest BCUT2D eigenvalue weighted by Gasteiger charge is 2.35. The standard InChI is InChI=1S/C32H27F7N4O4S/c1-47-24-9-4-16(17-3-2-10-43(14-17)15-26(40)44)11-21(24)29(45)42-27-20-7-5-18(31(34,35)36)12-25(20)48-28(27)30(46)41-19-6-8-23(33)22(13-19)32(37,38)39/h4-9,11-13,17H,2-3,10,14-15H2,1H3,(H2,40,44)(H,41,46)(H,42,45). The van der Waals surface area contributed by atoms with E-state index in [0.717, 1.165) is 42.7 Å². The minimum Gasteiger partial charge on any atom is -0.496 e. The molecule has 3 aromatic carbocycles. The molecule has 1 aromatic heterocycles. The zero-order chi connectivity index (χ0) is 35.0. The number of piperidine rings is 1. The van der Waals surface area contributed by atoms with Crippen LogP contribution in [0.2, 0.25) is 0 Å². The molecule has 1 aliphatic heterocycles. The van der Waals surface area contributed by atoms with E-state index >= 15 is 0 Å². The summed E-state index contributed by atoms with van der Waals surface area (Å²) in [4.78, 5) is 40.3. The van der Waals surface area contributed by atoms with Crippen molar-refractivity contribution in [2.75, 3.05) is 37.4 Å². The second-order valence-corrected chi connectivity index (χ2v) is 12.2. The van der Waals surface area contributed by atoms with E-state index in [1.54, 1.807) is 18.2 Å². The van der Waals surface area contributed by atoms with Gasteiger partial charge in [0, 0.05) is 22.3 Å². The third-order valence-corrected chi connectivity index (χ3v) is 8.97. The van der Waals surface area contributed by atoms with Crippen molar-refractivity contribution in [2.24, 2.45) is 5.73 Å². The number of alkyl halides is 6. The number of anilines is 2. The van der Waals surface area contributed by atoms with E-state index in [0.29, 0.717) is 36.6 Å². The van der Waals surface area contributed by atoms with Gasteiger partial charge in [0.05, 0.1) is 36.0 Å². The normalized spacial score (nSPS) is 15.7. The molecule has 1 aliphatic rings. The minimum absolute atomic E-state index is 0.0352. The molecule has 16 heteroatoms. The second kappa shape index (κ2) is 13.4. The van der Waals surface area contributed by atoms with Crippen molar-refractivity contribution in [2.45, 2.75) is 31.1 Å². The number of halogens is 7. The molecule has 1 atom stereocenters. The topological polar surface area (TPSA) is 114 Å². The fourth-order valence-electron chi connectivity index (χ4n) is 5.59. The predicted octanol–water partition coefficient (Wildman–Crippen LogP) is 7.26. The number of carbonyl (C=O) groups excluding carboxylic acids is 3. The number of methoxy groups -OCH3 is 1. The Morgan fingerprint density at radius 2 is 1.71 bits per heavy atom. The van der Waals surface area contributed by atoms with Gasteiger partial charge in [-0.25, -0.2) is 4.39 Å². The SMILES string of the molecule is COc1ccc(C2CCCN(CC(N)=O)C2)cc1C(=O)Nc1c(C(=O)Nc2ccc(F)c(C(F)(F)F)c2)sc2cc(C(F)(F)F)ccc12. The molecule has 0 saturated carbocycles. The summed E-state index contributed by atoms with van der Waals surface area (Å²) >= 11 is 0.575. The molecule has 8 nitrogen and oxygen atoms in total. The van der Waals surface area contributed by atoms with Crippen LogP contribution in [0.4, 0.5) is 42.1 Å². The van der Waals surface area contributed by atoms with Crippen LogP contribution in [0.15, 0.2) is 54.6 Å². The summed E-state index contributed by atoms with van der Waals surface area (Å²) in [5.41, 5.74) is 2.84. The van der Waals surface area contributed by atoms with E-state index in [4.69, 9.17) is 10.5 Å². The summed E-state index contributed by atoms with van der Waals surface area (Å²) in [6.45, 7) is 1.24. The van der Waals surface area contributed by atoms with Crippen molar-refractivity contribution in [3.05, 3.63) is 87.5 Å². The molecule has 4 N–H and O–H groups in total. The number of primary amides is 1. The van der Waals surface area contributed by atoms with E-state index in [1.807, 2.05) is 4.90 Å². The number of hydrogen-bond acceptors (Lipinski definition) is 6. The van der Waals surface area contributed by atoms with Crippen LogP contribution >= 0.6 is 11.3 Å². The lowest BCUT2D eigenvalue weighted by Gasteiger charge is -2.32. The Hall–Kier alpha value is -4.70. The van der Waals surface area contributed by atoms with Gasteiger partial charge in [0.1, 0.15) is 16.4 Å². The number of rotatable bonds is 8. The molecule has 2 heterocycles. The van der Waals surface area contributed by atoms with Crippen LogP contribution < -0.4 is 21.1 Å². The predicted molar refractivity (Wildman–Crippen MR) is 165 cm³/mol. The molecular formula is C32H27F7N4O4S. The number of hydrogen-bond donors (Lipinski definition) is 3. The van der Waals surface area contributed by atoms with Gasteiger partial charge in [0.2, 0.25) is 5.91 Å². The third-order valence-electron chi connectivity index (χ3n) is 7.82. The Morgan fingerprint density at radius 3 is 2.38 bits per heavy atom. The Bertz CT molecular complexity index is 1890. The number of nitrogens with one attached hydrogen (secondary N) is 2. The highest BCUT2D eigenvalue weighted by molar-refractivity contribution is 7.21. The van der Waals surface area contributed by atoms with Crippen molar-refractivity contribution in [1.82, 2.24) is 4.90 Å². The number of fused-ring (bicyclic) bond motifs is 1. The van der Waals surface area contributed by atoms with Gasteiger partial charge < -0.3 is 21.1 Å². The van der Waals surface area contributed by atoms with E-state index in [9.17, 15) is 45.1 Å². The maximum Gasteiger partial charge on any atom is 0.419 e. The number of thiophene rings is 1. The summed E-state index contributed by atoms with van der Waals surface area (Å²) in [5, 5.41) is 4.88. The van der Waals surface area contributed by atoms with Crippen LogP contribution in [0, 0.1) is 5.82 Å². The summed E-state index contributed by atoms with van der Waals surface area (Å²) in [6, 6.07) is 9.33. The zero-order valence-electron chi connectivity index (χ0n) is 25.0. The molecule has 1 saturated heterocycles. The fourth-order valence-corrected chi connectivity index (χ4v) is 6.69. The summed E-state index contributed by atoms with van der Waals surface area (Å²) < 4.78 is 99.6. The van der Waals surface area contributed by atoms with Crippen LogP contribution in [-0.4, -0.2) is 49.4 Å². The van der Waals surface area contributed by atoms with Gasteiger partial charge in [-0.1, -0.05) is 12.1 Å². The van der Waals surface area contributed by atoms with Crippen LogP contribution in [-0.2, 0) is 17.1 Å². The highest BCUT2D eigenvalue weighted by atomic mass is 32.1. The van der Waals surface area contributed by atoms with Gasteiger partial charge >= 0.3 is 12.4 Å². The Labute approximate surface area is 272 Å². The lowest BCUT2D eigenvalue weighted by Crippen LogP contribution is -2.40. The first-order valence-electron chi connectivity index (χ1n) is 14.4. The van der Waals surface area contributed by atoms with Crippen molar-refractivity contribution in [3.8, 4) is 5.75 Å². The second-order valence-electron chi connectivity index (χ2n) is 11.1. The van der Waals surface area contributed by atoms with Gasteiger partial charge in [0.25, 0.3) is 11.8 Å². The number of nitrogens with two attached hydrogens (primary N) is 1. The van der Waals surface area contributed by atoms with Gasteiger partial charge in [-0.3, -0.25) is 19.3 Å². The lowest BCUT2D eigenvalue weighted by molar-refractivity contribution is -0.140. The molecule has 5 rings (SSSR count). The number of benzene rings is 3. The molecule has 1 fully saturated rings. The molecule has 48 heavy (non-hydrogen) atoms. The largest absolute Gasteiger partial charge is 0.496 e. The number of ether oxygens (including phenoxy) is 1. The van der Waals surface area contributed by atoms with Crippen molar-refractivity contribution in [3.63, 3.8) is 0 Å². The first-order chi connectivity index (χ1) is 22.5. The Balaban J connectivity index is 1.52. The molecule has 0 spiro atoms. The molecule has 4 aromatic rings. The van der Waals surface area contributed by atoms with Gasteiger partial charge in [-0.2, -0.15) is 26.3 Å². The van der Waals surface area contributed by atoms with E-state index in [2.05, 4.69) is 10.6 Å². The molecular weight excluding hydrogens is 669 g/mol. The van der Waals surface area contributed by atoms with E-state index < -0.39 is 52.7 Å². The van der Waals surface area contributed by atoms with E-state index in [-0.39, 0.29) is 44.4 Å². The summed E-state index contributed by atoms with van der Waals surface area (Å²) in [7, 11) is 1.33. The summed E-state index contributed by atoms with van der Waals surface area (Å²) in [5.74, 6) is -3.81. The molecule has 3 amide bonds. The maximum atomic E-state index is 13.8. The first-order valence-corrected chi connectivity index (χ1v) is 15.2. The summed E-state index contributed by atoms with van der Waals surface area (Å²) in [6.07, 6.45) is -8.28. The molecule has 1 unspecified atom stereocenters. The minimum atomic E-state index is -5.07. The molecule has 0 bridgehead atoms. The average molecular weight is 697 g/mol. The Morgan fingerprint density at radius 1 is 0.958 bits per heavy atom.